The molecule has 0 saturated carbocycles. The molecule has 0 amide bonds. The number of fused-ring (bicyclic) bond motifs is 1. The van der Waals surface area contributed by atoms with Crippen LogP contribution in [0.15, 0.2) is 16.5 Å². The van der Waals surface area contributed by atoms with Gasteiger partial charge in [-0.2, -0.15) is 0 Å². The largest absolute Gasteiger partial charge is 0.332 e. The van der Waals surface area contributed by atoms with E-state index in [0.29, 0.717) is 0 Å². The lowest BCUT2D eigenvalue weighted by molar-refractivity contribution is -2.00. The van der Waals surface area contributed by atoms with Crippen molar-refractivity contribution in [1.82, 2.24) is 0 Å². The third-order valence-corrected chi connectivity index (χ3v) is 2.68. The van der Waals surface area contributed by atoms with Crippen molar-refractivity contribution in [3.8, 4) is 0 Å². The van der Waals surface area contributed by atoms with Crippen molar-refractivity contribution in [2.75, 3.05) is 0 Å². The lowest BCUT2D eigenvalue weighted by Crippen LogP contribution is -2.68. The lowest BCUT2D eigenvalue weighted by atomic mass is 9.97. The van der Waals surface area contributed by atoms with Crippen molar-refractivity contribution in [3.63, 3.8) is 0 Å². The zero-order chi connectivity index (χ0) is 13.6. The molecule has 18 heavy (non-hydrogen) atoms. The van der Waals surface area contributed by atoms with Crippen LogP contribution in [-0.4, -0.2) is 0 Å². The molecule has 0 bridgehead atoms. The molecule has 0 atom stereocenters. The van der Waals surface area contributed by atoms with Gasteiger partial charge in [0, 0.05) is 6.07 Å². The first kappa shape index (κ1) is 15.3. The molecule has 0 saturated heterocycles. The summed E-state index contributed by atoms with van der Waals surface area (Å²) in [5.74, 6) is 2.40. The van der Waals surface area contributed by atoms with Gasteiger partial charge >= 0.3 is 11.5 Å². The van der Waals surface area contributed by atoms with Gasteiger partial charge in [0.1, 0.15) is 0 Å². The lowest BCUT2D eigenvalue weighted by Gasteiger charge is -2.17. The predicted molar refractivity (Wildman–Crippen MR) is 53.8 cm³/mol. The Morgan fingerprint density at radius 3 is 2.33 bits per heavy atom. The van der Waals surface area contributed by atoms with Crippen LogP contribution in [0.3, 0.4) is 0 Å². The fourth-order valence-electron chi connectivity index (χ4n) is 1.96. The van der Waals surface area contributed by atoms with Crippen LogP contribution >= 0.6 is 0 Å². The highest BCUT2D eigenvalue weighted by molar-refractivity contribution is 5.21. The van der Waals surface area contributed by atoms with Crippen molar-refractivity contribution in [2.24, 2.45) is 0 Å². The number of halogens is 1. The van der Waals surface area contributed by atoms with Gasteiger partial charge in [-0.15, -0.1) is 10.2 Å². The maximum Gasteiger partial charge on any atom is 0.332 e. The summed E-state index contributed by atoms with van der Waals surface area (Å²) in [6, 6.07) is 4.40. The third kappa shape index (κ3) is 6.28. The van der Waals surface area contributed by atoms with E-state index in [2.05, 4.69) is 19.1 Å². The molecular weight excluding hydrogens is 260 g/mol. The fraction of sp³-hybridized carbons (Fsp3) is 0.583. The second kappa shape index (κ2) is 7.01. The minimum Gasteiger partial charge on any atom is -0.222 e. The summed E-state index contributed by atoms with van der Waals surface area (Å²) in [6.07, 6.45) is 7.23. The Balaban J connectivity index is 0.000000280. The molecule has 1 aliphatic carbocycles. The van der Waals surface area contributed by atoms with Crippen LogP contribution < -0.4 is 18.6 Å². The molecule has 0 spiro atoms. The first-order chi connectivity index (χ1) is 8.40. The Morgan fingerprint density at radius 1 is 1.11 bits per heavy atom. The standard InChI is InChI=1S/C12H17O.ClHO4/c1-2-5-11-9-8-10-6-3-4-7-12(10)13-11;2-1(3,4)5/h8-9H,2-7H2,1H3;(H,2,3,4,5)/q+1;/p-1. The number of hydrogen-bond donors (Lipinski definition) is 0. The van der Waals surface area contributed by atoms with Gasteiger partial charge in [0.2, 0.25) is 0 Å². The molecule has 0 N–H and O–H groups in total. The molecular formula is C12H17ClO5. The van der Waals surface area contributed by atoms with E-state index >= 15 is 0 Å². The molecule has 1 heterocycles. The van der Waals surface area contributed by atoms with Crippen LogP contribution in [0.5, 0.6) is 0 Å². The fourth-order valence-corrected chi connectivity index (χ4v) is 1.96. The molecule has 1 aromatic rings. The minimum absolute atomic E-state index is 1.08. The van der Waals surface area contributed by atoms with Crippen molar-refractivity contribution < 1.29 is 33.3 Å². The molecule has 0 aromatic carbocycles. The molecule has 0 aliphatic heterocycles. The average molecular weight is 277 g/mol. The normalized spacial score (nSPS) is 14.5. The quantitative estimate of drug-likeness (QED) is 0.620. The topological polar surface area (TPSA) is 104 Å². The summed E-state index contributed by atoms with van der Waals surface area (Å²) in [5.41, 5.74) is 1.44. The minimum atomic E-state index is -4.94. The highest BCUT2D eigenvalue weighted by Gasteiger charge is 2.21. The summed E-state index contributed by atoms with van der Waals surface area (Å²) < 4.78 is 39.8. The van der Waals surface area contributed by atoms with Gasteiger partial charge in [0.15, 0.2) is 0 Å². The van der Waals surface area contributed by atoms with E-state index in [1.807, 2.05) is 0 Å². The Kier molecular flexibility index (Phi) is 5.98. The van der Waals surface area contributed by atoms with Crippen molar-refractivity contribution in [1.29, 1.82) is 0 Å². The van der Waals surface area contributed by atoms with Crippen molar-refractivity contribution in [3.05, 3.63) is 29.2 Å². The number of hydrogen-bond acceptors (Lipinski definition) is 4. The van der Waals surface area contributed by atoms with Crippen LogP contribution in [-0.2, 0) is 19.3 Å². The first-order valence-corrected chi connectivity index (χ1v) is 7.19. The Bertz CT molecular complexity index is 369. The van der Waals surface area contributed by atoms with Gasteiger partial charge in [-0.1, -0.05) is 6.92 Å². The van der Waals surface area contributed by atoms with Crippen LogP contribution in [0.4, 0.5) is 0 Å². The maximum absolute atomic E-state index is 8.49. The van der Waals surface area contributed by atoms with Gasteiger partial charge in [0.25, 0.3) is 0 Å². The van der Waals surface area contributed by atoms with Crippen molar-refractivity contribution in [2.45, 2.75) is 45.4 Å². The molecule has 0 fully saturated rings. The van der Waals surface area contributed by atoms with E-state index in [9.17, 15) is 0 Å². The van der Waals surface area contributed by atoms with Gasteiger partial charge in [-0.25, -0.2) is 23.1 Å². The number of rotatable bonds is 2. The summed E-state index contributed by atoms with van der Waals surface area (Å²) in [6.45, 7) is 2.19. The first-order valence-electron chi connectivity index (χ1n) is 5.95. The third-order valence-electron chi connectivity index (χ3n) is 2.68. The van der Waals surface area contributed by atoms with Gasteiger partial charge < -0.3 is 0 Å². The average Bonchev–Trinajstić information content (AvgIpc) is 2.27. The number of aryl methyl sites for hydroxylation is 3. The van der Waals surface area contributed by atoms with Crippen molar-refractivity contribution >= 4 is 0 Å². The van der Waals surface area contributed by atoms with E-state index in [1.165, 1.54) is 37.0 Å². The van der Waals surface area contributed by atoms with Crippen LogP contribution in [0.2, 0.25) is 0 Å². The maximum atomic E-state index is 8.49. The summed E-state index contributed by atoms with van der Waals surface area (Å²) >= 11 is 0. The van der Waals surface area contributed by atoms with E-state index in [-0.39, 0.29) is 0 Å². The zero-order valence-electron chi connectivity index (χ0n) is 10.3. The van der Waals surface area contributed by atoms with Gasteiger partial charge in [-0.3, -0.25) is 0 Å². The van der Waals surface area contributed by atoms with E-state index < -0.39 is 10.2 Å². The van der Waals surface area contributed by atoms with Crippen LogP contribution in [0.25, 0.3) is 0 Å². The second-order valence-electron chi connectivity index (χ2n) is 4.19. The zero-order valence-corrected chi connectivity index (χ0v) is 11.1. The molecule has 0 unspecified atom stereocenters. The summed E-state index contributed by atoms with van der Waals surface area (Å²) in [5, 5.41) is 0. The van der Waals surface area contributed by atoms with Gasteiger partial charge in [0.05, 0.1) is 18.4 Å². The smallest absolute Gasteiger partial charge is 0.222 e. The molecule has 5 nitrogen and oxygen atoms in total. The van der Waals surface area contributed by atoms with E-state index in [4.69, 9.17) is 23.1 Å². The SMILES string of the molecule is CCCc1ccc2c([o+]1)CCCC2.[O-][Cl+3]([O-])([O-])[O-]. The molecule has 6 heteroatoms. The summed E-state index contributed by atoms with van der Waals surface area (Å²) in [7, 11) is -4.94. The van der Waals surface area contributed by atoms with Crippen LogP contribution in [0.1, 0.15) is 43.3 Å². The molecule has 0 radical (unpaired) electrons. The monoisotopic (exact) mass is 276 g/mol. The highest BCUT2D eigenvalue weighted by Crippen LogP contribution is 2.22. The Hall–Kier alpha value is -0.720. The van der Waals surface area contributed by atoms with Gasteiger partial charge in [-0.05, 0) is 31.7 Å². The Labute approximate surface area is 108 Å². The molecule has 1 aliphatic rings. The molecule has 1 aromatic heterocycles. The van der Waals surface area contributed by atoms with E-state index in [1.54, 1.807) is 0 Å². The predicted octanol–water partition coefficient (Wildman–Crippen LogP) is -1.36. The second-order valence-corrected chi connectivity index (χ2v) is 4.94. The highest BCUT2D eigenvalue weighted by atomic mass is 35.7. The summed E-state index contributed by atoms with van der Waals surface area (Å²) in [4.78, 5) is 0. The molecule has 102 valence electrons. The van der Waals surface area contributed by atoms with Crippen LogP contribution in [0, 0.1) is 10.2 Å². The molecule has 2 rings (SSSR count). The Morgan fingerprint density at radius 2 is 1.72 bits per heavy atom. The van der Waals surface area contributed by atoms with E-state index in [0.717, 1.165) is 18.6 Å².